The highest BCUT2D eigenvalue weighted by Gasteiger charge is 2.07. The molecule has 1 heteroatoms. The Balaban J connectivity index is 2.03. The van der Waals surface area contributed by atoms with Gasteiger partial charge >= 0.3 is 0 Å². The molecule has 0 aromatic heterocycles. The number of nitrogens with one attached hydrogen (secondary N) is 1. The van der Waals surface area contributed by atoms with Crippen molar-refractivity contribution in [1.82, 2.24) is 5.32 Å². The van der Waals surface area contributed by atoms with Gasteiger partial charge in [-0.1, -0.05) is 53.6 Å². The molecule has 0 saturated carbocycles. The van der Waals surface area contributed by atoms with Crippen molar-refractivity contribution in [2.45, 2.75) is 40.3 Å². The molecule has 0 amide bonds. The third kappa shape index (κ3) is 3.68. The zero-order valence-electron chi connectivity index (χ0n) is 12.3. The molecular formula is C18H23N. The summed E-state index contributed by atoms with van der Waals surface area (Å²) in [5.74, 6) is 0. The van der Waals surface area contributed by atoms with Gasteiger partial charge in [0.2, 0.25) is 0 Å². The predicted octanol–water partition coefficient (Wildman–Crippen LogP) is 4.46. The number of hydrogen-bond acceptors (Lipinski definition) is 1. The second-order valence-corrected chi connectivity index (χ2v) is 5.45. The van der Waals surface area contributed by atoms with Gasteiger partial charge in [0.15, 0.2) is 0 Å². The number of aryl methyl sites for hydroxylation is 3. The topological polar surface area (TPSA) is 12.0 Å². The summed E-state index contributed by atoms with van der Waals surface area (Å²) in [5, 5.41) is 3.60. The summed E-state index contributed by atoms with van der Waals surface area (Å²) in [6.45, 7) is 9.61. The third-order valence-corrected chi connectivity index (χ3v) is 3.59. The first-order valence-electron chi connectivity index (χ1n) is 6.92. The smallest absolute Gasteiger partial charge is 0.0297 e. The molecule has 1 atom stereocenters. The van der Waals surface area contributed by atoms with Crippen LogP contribution >= 0.6 is 0 Å². The second-order valence-electron chi connectivity index (χ2n) is 5.45. The molecule has 0 radical (unpaired) electrons. The molecule has 0 heterocycles. The quantitative estimate of drug-likeness (QED) is 0.848. The predicted molar refractivity (Wildman–Crippen MR) is 82.3 cm³/mol. The molecule has 0 bridgehead atoms. The van der Waals surface area contributed by atoms with Crippen LogP contribution in [0.25, 0.3) is 0 Å². The van der Waals surface area contributed by atoms with Crippen molar-refractivity contribution < 1.29 is 0 Å². The summed E-state index contributed by atoms with van der Waals surface area (Å²) >= 11 is 0. The van der Waals surface area contributed by atoms with E-state index >= 15 is 0 Å². The van der Waals surface area contributed by atoms with E-state index < -0.39 is 0 Å². The minimum Gasteiger partial charge on any atom is -0.306 e. The lowest BCUT2D eigenvalue weighted by Crippen LogP contribution is -2.19. The number of benzene rings is 2. The Hall–Kier alpha value is -1.60. The van der Waals surface area contributed by atoms with Crippen LogP contribution in [0.1, 0.15) is 40.8 Å². The third-order valence-electron chi connectivity index (χ3n) is 3.59. The summed E-state index contributed by atoms with van der Waals surface area (Å²) in [6, 6.07) is 15.7. The van der Waals surface area contributed by atoms with Crippen LogP contribution in [-0.2, 0) is 6.54 Å². The van der Waals surface area contributed by atoms with Crippen LogP contribution < -0.4 is 5.32 Å². The van der Waals surface area contributed by atoms with Crippen LogP contribution in [0.15, 0.2) is 42.5 Å². The highest BCUT2D eigenvalue weighted by Crippen LogP contribution is 2.19. The van der Waals surface area contributed by atoms with Gasteiger partial charge in [-0.05, 0) is 44.4 Å². The van der Waals surface area contributed by atoms with Gasteiger partial charge in [0, 0.05) is 12.6 Å². The van der Waals surface area contributed by atoms with Crippen LogP contribution in [0, 0.1) is 20.8 Å². The maximum atomic E-state index is 3.60. The zero-order chi connectivity index (χ0) is 13.8. The van der Waals surface area contributed by atoms with E-state index in [0.717, 1.165) is 6.54 Å². The van der Waals surface area contributed by atoms with Crippen LogP contribution in [0.5, 0.6) is 0 Å². The minimum atomic E-state index is 0.376. The van der Waals surface area contributed by atoms with E-state index in [2.05, 4.69) is 75.5 Å². The fourth-order valence-corrected chi connectivity index (χ4v) is 2.51. The Morgan fingerprint density at radius 1 is 0.947 bits per heavy atom. The van der Waals surface area contributed by atoms with E-state index in [1.165, 1.54) is 27.8 Å². The van der Waals surface area contributed by atoms with E-state index in [4.69, 9.17) is 0 Å². The van der Waals surface area contributed by atoms with Crippen LogP contribution in [0.4, 0.5) is 0 Å². The second kappa shape index (κ2) is 6.03. The molecule has 0 aliphatic heterocycles. The fraction of sp³-hybridized carbons (Fsp3) is 0.333. The van der Waals surface area contributed by atoms with Crippen LogP contribution in [0.2, 0.25) is 0 Å². The number of rotatable bonds is 4. The first-order valence-corrected chi connectivity index (χ1v) is 6.92. The zero-order valence-corrected chi connectivity index (χ0v) is 12.3. The van der Waals surface area contributed by atoms with E-state index in [-0.39, 0.29) is 0 Å². The Kier molecular flexibility index (Phi) is 4.39. The summed E-state index contributed by atoms with van der Waals surface area (Å²) in [5.41, 5.74) is 6.74. The van der Waals surface area contributed by atoms with Crippen molar-refractivity contribution >= 4 is 0 Å². The first kappa shape index (κ1) is 13.8. The molecule has 1 N–H and O–H groups in total. The minimum absolute atomic E-state index is 0.376. The summed E-state index contributed by atoms with van der Waals surface area (Å²) in [7, 11) is 0. The molecule has 19 heavy (non-hydrogen) atoms. The van der Waals surface area contributed by atoms with E-state index in [1.54, 1.807) is 0 Å². The fourth-order valence-electron chi connectivity index (χ4n) is 2.51. The van der Waals surface area contributed by atoms with Gasteiger partial charge in [-0.25, -0.2) is 0 Å². The van der Waals surface area contributed by atoms with Gasteiger partial charge in [-0.15, -0.1) is 0 Å². The van der Waals surface area contributed by atoms with Crippen molar-refractivity contribution in [3.05, 3.63) is 70.3 Å². The Morgan fingerprint density at radius 3 is 2.37 bits per heavy atom. The summed E-state index contributed by atoms with van der Waals surface area (Å²) < 4.78 is 0. The van der Waals surface area contributed by atoms with Gasteiger partial charge in [0.1, 0.15) is 0 Å². The Bertz CT molecular complexity index is 557. The average molecular weight is 253 g/mol. The van der Waals surface area contributed by atoms with Crippen molar-refractivity contribution in [3.8, 4) is 0 Å². The van der Waals surface area contributed by atoms with Crippen molar-refractivity contribution in [1.29, 1.82) is 0 Å². The maximum Gasteiger partial charge on any atom is 0.0297 e. The normalized spacial score (nSPS) is 12.4. The molecule has 0 aliphatic carbocycles. The summed E-state index contributed by atoms with van der Waals surface area (Å²) in [6.07, 6.45) is 0. The van der Waals surface area contributed by atoms with Gasteiger partial charge in [-0.3, -0.25) is 0 Å². The van der Waals surface area contributed by atoms with Crippen molar-refractivity contribution in [2.24, 2.45) is 0 Å². The molecule has 0 saturated heterocycles. The monoisotopic (exact) mass is 253 g/mol. The molecule has 2 aromatic rings. The first-order chi connectivity index (χ1) is 9.06. The molecule has 100 valence electrons. The van der Waals surface area contributed by atoms with Gasteiger partial charge < -0.3 is 5.32 Å². The van der Waals surface area contributed by atoms with Crippen molar-refractivity contribution in [2.75, 3.05) is 0 Å². The van der Waals surface area contributed by atoms with E-state index in [0.29, 0.717) is 6.04 Å². The standard InChI is InChI=1S/C18H23N/c1-13-6-5-7-17(11-13)12-19-16(4)18-9-8-14(2)10-15(18)3/h5-11,16,19H,12H2,1-4H3. The lowest BCUT2D eigenvalue weighted by atomic mass is 10.00. The SMILES string of the molecule is Cc1cccc(CNC(C)c2ccc(C)cc2C)c1. The van der Waals surface area contributed by atoms with Gasteiger partial charge in [0.05, 0.1) is 0 Å². The van der Waals surface area contributed by atoms with E-state index in [9.17, 15) is 0 Å². The molecule has 0 spiro atoms. The summed E-state index contributed by atoms with van der Waals surface area (Å²) in [4.78, 5) is 0. The van der Waals surface area contributed by atoms with Crippen molar-refractivity contribution in [3.63, 3.8) is 0 Å². The lowest BCUT2D eigenvalue weighted by Gasteiger charge is -2.17. The maximum absolute atomic E-state index is 3.60. The van der Waals surface area contributed by atoms with Crippen LogP contribution in [-0.4, -0.2) is 0 Å². The molecular weight excluding hydrogens is 230 g/mol. The molecule has 0 fully saturated rings. The van der Waals surface area contributed by atoms with Crippen LogP contribution in [0.3, 0.4) is 0 Å². The Morgan fingerprint density at radius 2 is 1.68 bits per heavy atom. The van der Waals surface area contributed by atoms with Gasteiger partial charge in [-0.2, -0.15) is 0 Å². The highest BCUT2D eigenvalue weighted by atomic mass is 14.9. The Labute approximate surface area is 116 Å². The molecule has 2 rings (SSSR count). The highest BCUT2D eigenvalue weighted by molar-refractivity contribution is 5.32. The largest absolute Gasteiger partial charge is 0.306 e. The molecule has 1 unspecified atom stereocenters. The lowest BCUT2D eigenvalue weighted by molar-refractivity contribution is 0.572. The van der Waals surface area contributed by atoms with Gasteiger partial charge in [0.25, 0.3) is 0 Å². The molecule has 2 aromatic carbocycles. The van der Waals surface area contributed by atoms with E-state index in [1.807, 2.05) is 0 Å². The number of hydrogen-bond donors (Lipinski definition) is 1. The molecule has 0 aliphatic rings. The average Bonchev–Trinajstić information content (AvgIpc) is 2.36. The molecule has 1 nitrogen and oxygen atoms in total.